The Bertz CT molecular complexity index is 2370. The normalized spacial score (nSPS) is 26.2. The van der Waals surface area contributed by atoms with Crippen molar-refractivity contribution in [3.8, 4) is 5.75 Å². The predicted molar refractivity (Wildman–Crippen MR) is 191 cm³/mol. The first-order valence-electron chi connectivity index (χ1n) is 17.3. The highest BCUT2D eigenvalue weighted by Gasteiger charge is 2.70. The number of amides is 4. The number of carbonyl (C=O) groups excluding carboxylic acids is 4. The van der Waals surface area contributed by atoms with Crippen molar-refractivity contribution in [3.05, 3.63) is 111 Å². The molecule has 2 aliphatic heterocycles. The van der Waals surface area contributed by atoms with Gasteiger partial charge in [-0.2, -0.15) is 18.2 Å². The molecule has 55 heavy (non-hydrogen) atoms. The second-order valence-electron chi connectivity index (χ2n) is 14.1. The van der Waals surface area contributed by atoms with Crippen LogP contribution in [0.4, 0.5) is 19.0 Å². The molecule has 16 heteroatoms. The van der Waals surface area contributed by atoms with Crippen LogP contribution in [0.1, 0.15) is 41.9 Å². The topological polar surface area (TPSA) is 157 Å². The number of aromatic nitrogens is 1. The van der Waals surface area contributed by atoms with Crippen molar-refractivity contribution in [2.24, 2.45) is 23.7 Å². The van der Waals surface area contributed by atoms with Crippen LogP contribution >= 0.6 is 23.2 Å². The summed E-state index contributed by atoms with van der Waals surface area (Å²) >= 11 is 12.6. The van der Waals surface area contributed by atoms with Crippen LogP contribution in [0, 0.1) is 23.7 Å². The minimum absolute atomic E-state index is 0.0615. The van der Waals surface area contributed by atoms with E-state index in [2.05, 4.69) is 10.4 Å². The van der Waals surface area contributed by atoms with Crippen LogP contribution in [-0.2, 0) is 35.6 Å². The average molecular weight is 794 g/mol. The number of phenolic OH excluding ortho intramolecular Hbond substituents is 1. The van der Waals surface area contributed by atoms with E-state index in [1.807, 2.05) is 0 Å². The number of alkyl halides is 3. The zero-order valence-electron chi connectivity index (χ0n) is 28.4. The van der Waals surface area contributed by atoms with Crippen LogP contribution in [0.5, 0.6) is 5.75 Å². The van der Waals surface area contributed by atoms with E-state index >= 15 is 4.79 Å². The average Bonchev–Trinajstić information content (AvgIpc) is 3.52. The number of carbonyl (C=O) groups is 5. The zero-order chi connectivity index (χ0) is 39.1. The summed E-state index contributed by atoms with van der Waals surface area (Å²) in [7, 11) is 0. The standard InChI is InChI=1S/C39H29Cl2F3N4O7/c40-21-8-6-19(7-9-21)38-27(35(53)48(37(38)55)46-33-28(41)15-20(17-45-33)39(42,43)44)16-26-23(31(38)25-10-5-18-3-1-2-4-22(18)32(25)51)11-12-24-30(26)36(54)47(34(24)52)14-13-29(49)50/h1-11,15,17,24,26-27,30-31,51H,12-14,16H2,(H,45,46)(H,49,50)/t24-,26+,27-,30-,31+,38+/m0/s1. The third-order valence-electron chi connectivity index (χ3n) is 11.4. The van der Waals surface area contributed by atoms with Gasteiger partial charge in [-0.1, -0.05) is 83.4 Å². The van der Waals surface area contributed by atoms with Gasteiger partial charge in [-0.15, -0.1) is 0 Å². The van der Waals surface area contributed by atoms with Gasteiger partial charge >= 0.3 is 12.1 Å². The van der Waals surface area contributed by atoms with Gasteiger partial charge in [0.25, 0.3) is 11.8 Å². The van der Waals surface area contributed by atoms with Crippen LogP contribution < -0.4 is 5.43 Å². The third-order valence-corrected chi connectivity index (χ3v) is 12.0. The number of pyridine rings is 1. The van der Waals surface area contributed by atoms with E-state index in [0.717, 1.165) is 4.90 Å². The zero-order valence-corrected chi connectivity index (χ0v) is 29.9. The van der Waals surface area contributed by atoms with E-state index in [4.69, 9.17) is 23.2 Å². The lowest BCUT2D eigenvalue weighted by atomic mass is 9.49. The SMILES string of the molecule is O=C(O)CCN1C(=O)[C@H]2[C@H](CC=C3[C@H]2C[C@H]2C(=O)N(Nc4ncc(C(F)(F)F)cc4Cl)C(=O)[C@@]2(c2ccc(Cl)cc2)[C@H]3c2ccc3ccccc3c2O)C1=O. The summed E-state index contributed by atoms with van der Waals surface area (Å²) in [6.07, 6.45) is -3.04. The van der Waals surface area contributed by atoms with Gasteiger partial charge in [0, 0.05) is 34.6 Å². The Morgan fingerprint density at radius 3 is 2.38 bits per heavy atom. The Labute approximate surface area is 320 Å². The molecule has 0 spiro atoms. The molecule has 11 nitrogen and oxygen atoms in total. The summed E-state index contributed by atoms with van der Waals surface area (Å²) in [4.78, 5) is 74.1. The first kappa shape index (κ1) is 36.5. The fourth-order valence-corrected chi connectivity index (χ4v) is 9.46. The number of nitrogens with zero attached hydrogens (tertiary/aromatic N) is 3. The maximum atomic E-state index is 15.3. The van der Waals surface area contributed by atoms with Crippen molar-refractivity contribution < 1.29 is 47.4 Å². The number of carboxylic acids is 1. The second kappa shape index (κ2) is 13.1. The summed E-state index contributed by atoms with van der Waals surface area (Å²) in [5.41, 5.74) is 0.669. The molecule has 2 aliphatic carbocycles. The van der Waals surface area contributed by atoms with E-state index < -0.39 is 93.6 Å². The van der Waals surface area contributed by atoms with Gasteiger partial charge in [0.05, 0.1) is 40.2 Å². The van der Waals surface area contributed by atoms with Crippen molar-refractivity contribution in [1.29, 1.82) is 0 Å². The molecule has 4 aromatic rings. The first-order valence-corrected chi connectivity index (χ1v) is 18.0. The number of rotatable bonds is 7. The number of hydrazine groups is 1. The first-order chi connectivity index (χ1) is 26.1. The quantitative estimate of drug-likeness (QED) is 0.137. The molecule has 1 saturated carbocycles. The number of phenols is 1. The lowest BCUT2D eigenvalue weighted by Crippen LogP contribution is -2.53. The minimum atomic E-state index is -4.78. The van der Waals surface area contributed by atoms with E-state index in [9.17, 15) is 42.6 Å². The molecule has 1 aromatic heterocycles. The highest BCUT2D eigenvalue weighted by molar-refractivity contribution is 6.33. The highest BCUT2D eigenvalue weighted by Crippen LogP contribution is 2.65. The molecule has 4 aliphatic rings. The van der Waals surface area contributed by atoms with E-state index in [1.165, 1.54) is 0 Å². The molecule has 0 radical (unpaired) electrons. The largest absolute Gasteiger partial charge is 0.507 e. The Morgan fingerprint density at radius 2 is 1.69 bits per heavy atom. The smallest absolute Gasteiger partial charge is 0.417 e. The number of aliphatic carboxylic acids is 1. The summed E-state index contributed by atoms with van der Waals surface area (Å²) in [5.74, 6) is -9.69. The number of aromatic hydroxyl groups is 1. The molecule has 282 valence electrons. The van der Waals surface area contributed by atoms with E-state index in [1.54, 1.807) is 66.7 Å². The molecule has 3 N–H and O–H groups in total. The van der Waals surface area contributed by atoms with Crippen LogP contribution in [0.3, 0.4) is 0 Å². The fourth-order valence-electron chi connectivity index (χ4n) is 9.13. The number of likely N-dealkylation sites (tertiary alicyclic amines) is 1. The second-order valence-corrected chi connectivity index (χ2v) is 15.0. The van der Waals surface area contributed by atoms with Crippen LogP contribution in [0.25, 0.3) is 10.8 Å². The van der Waals surface area contributed by atoms with Gasteiger partial charge < -0.3 is 10.2 Å². The number of fused-ring (bicyclic) bond motifs is 5. The minimum Gasteiger partial charge on any atom is -0.507 e. The number of halogens is 5. The Hall–Kier alpha value is -5.47. The predicted octanol–water partition coefficient (Wildman–Crippen LogP) is 6.73. The van der Waals surface area contributed by atoms with Gasteiger partial charge in [-0.05, 0) is 47.9 Å². The molecule has 3 heterocycles. The monoisotopic (exact) mass is 792 g/mol. The van der Waals surface area contributed by atoms with Crippen LogP contribution in [0.15, 0.2) is 84.6 Å². The molecule has 4 amide bonds. The molecule has 3 aromatic carbocycles. The number of imide groups is 2. The molecule has 8 rings (SSSR count). The molecular weight excluding hydrogens is 764 g/mol. The molecule has 0 bridgehead atoms. The Kier molecular flexibility index (Phi) is 8.69. The van der Waals surface area contributed by atoms with Crippen LogP contribution in [-0.4, -0.2) is 61.2 Å². The van der Waals surface area contributed by atoms with Crippen molar-refractivity contribution in [1.82, 2.24) is 14.9 Å². The molecule has 6 atom stereocenters. The number of anilines is 1. The van der Waals surface area contributed by atoms with Crippen molar-refractivity contribution in [2.45, 2.75) is 36.8 Å². The lowest BCUT2D eigenvalue weighted by molar-refractivity contribution is -0.143. The number of hydrogen-bond donors (Lipinski definition) is 3. The van der Waals surface area contributed by atoms with Gasteiger partial charge in [-0.3, -0.25) is 34.3 Å². The van der Waals surface area contributed by atoms with Crippen LogP contribution in [0.2, 0.25) is 10.0 Å². The van der Waals surface area contributed by atoms with E-state index in [0.29, 0.717) is 44.2 Å². The molecule has 3 fully saturated rings. The van der Waals surface area contributed by atoms with Crippen molar-refractivity contribution in [3.63, 3.8) is 0 Å². The summed E-state index contributed by atoms with van der Waals surface area (Å²) in [6, 6.07) is 17.3. The number of allylic oxidation sites excluding steroid dienone is 2. The van der Waals surface area contributed by atoms with Gasteiger partial charge in [0.2, 0.25) is 11.8 Å². The Morgan fingerprint density at radius 1 is 0.964 bits per heavy atom. The molecular formula is C39H29Cl2F3N4O7. The number of carboxylic acid groups (broad SMARTS) is 1. The van der Waals surface area contributed by atoms with E-state index in [-0.39, 0.29) is 30.7 Å². The van der Waals surface area contributed by atoms with Crippen molar-refractivity contribution >= 4 is 69.4 Å². The van der Waals surface area contributed by atoms with Gasteiger partial charge in [0.1, 0.15) is 5.75 Å². The molecule has 2 saturated heterocycles. The lowest BCUT2D eigenvalue weighted by Gasteiger charge is -2.50. The summed E-state index contributed by atoms with van der Waals surface area (Å²) in [6.45, 7) is -0.342. The maximum Gasteiger partial charge on any atom is 0.417 e. The maximum absolute atomic E-state index is 15.3. The number of hydrogen-bond acceptors (Lipinski definition) is 8. The molecule has 0 unspecified atom stereocenters. The third kappa shape index (κ3) is 5.55. The highest BCUT2D eigenvalue weighted by atomic mass is 35.5. The fraction of sp³-hybridized carbons (Fsp3) is 0.282. The summed E-state index contributed by atoms with van der Waals surface area (Å²) < 4.78 is 40.4. The number of nitrogens with one attached hydrogen (secondary N) is 1. The van der Waals surface area contributed by atoms with Gasteiger partial charge in [-0.25, -0.2) is 4.98 Å². The van der Waals surface area contributed by atoms with Crippen molar-refractivity contribution in [2.75, 3.05) is 12.0 Å². The number of benzene rings is 3. The summed E-state index contributed by atoms with van der Waals surface area (Å²) in [5, 5.41) is 23.0. The van der Waals surface area contributed by atoms with Gasteiger partial charge in [0.15, 0.2) is 5.82 Å². The Balaban J connectivity index is 1.34.